The number of carbonyl (C=O) groups is 4. The van der Waals surface area contributed by atoms with Crippen molar-refractivity contribution in [2.75, 3.05) is 26.9 Å². The third kappa shape index (κ3) is 65.0. The van der Waals surface area contributed by atoms with Gasteiger partial charge in [-0.3, -0.25) is 0 Å². The third-order valence-electron chi connectivity index (χ3n) is 11.3. The van der Waals surface area contributed by atoms with E-state index in [1.165, 1.54) is 219 Å². The molecule has 0 unspecified atom stereocenters. The van der Waals surface area contributed by atoms with E-state index >= 15 is 0 Å². The zero-order chi connectivity index (χ0) is 51.0. The van der Waals surface area contributed by atoms with E-state index in [4.69, 9.17) is 14.2 Å². The molecule has 0 fully saturated rings. The third-order valence-corrected chi connectivity index (χ3v) is 11.3. The topological polar surface area (TPSA) is 105 Å². The van der Waals surface area contributed by atoms with Gasteiger partial charge in [-0.1, -0.05) is 259 Å². The van der Waals surface area contributed by atoms with Crippen molar-refractivity contribution in [3.63, 3.8) is 0 Å². The van der Waals surface area contributed by atoms with Crippen LogP contribution in [0.2, 0.25) is 0 Å². The SMILES string of the molecule is C=C(C)C(=O)OC.C=C(C)C(=O)OCCCCCCCCCCCC.C=C(C)C(=O)OCCCCCCCCCCCCCC.C=C(C)C(=O)OCCCCCCCCCCCCCCCC. The monoisotopic (exact) mass is 947 g/mol. The van der Waals surface area contributed by atoms with Gasteiger partial charge < -0.3 is 18.9 Å². The largest absolute Gasteiger partial charge is 0.466 e. The standard InChI is InChI=1S/C20H38O2.C18H34O2.C16H30O2.C5H8O2/c1-4-5-6-7-8-9-10-11-12-13-14-15-16-17-18-22-20(21)19(2)3;1-4-5-6-7-8-9-10-11-12-13-14-15-16-20-18(19)17(2)3;1-4-5-6-7-8-9-10-11-12-13-14-18-16(17)15(2)3;1-4(2)5(6)7-3/h2,4-18H2,1,3H3;2,4-16H2,1,3H3;2,4-14H2,1,3H3;1H2,2-3H3. The van der Waals surface area contributed by atoms with Crippen LogP contribution in [0, 0.1) is 0 Å². The van der Waals surface area contributed by atoms with Crippen molar-refractivity contribution in [2.24, 2.45) is 0 Å². The number of carbonyl (C=O) groups excluding carboxylic acids is 4. The van der Waals surface area contributed by atoms with Crippen LogP contribution in [0.5, 0.6) is 0 Å². The van der Waals surface area contributed by atoms with Gasteiger partial charge in [0.1, 0.15) is 0 Å². The van der Waals surface area contributed by atoms with E-state index in [1.54, 1.807) is 27.7 Å². The van der Waals surface area contributed by atoms with Crippen LogP contribution in [0.1, 0.15) is 280 Å². The first-order valence-electron chi connectivity index (χ1n) is 27.4. The molecule has 0 spiro atoms. The molecule has 0 saturated heterocycles. The van der Waals surface area contributed by atoms with Gasteiger partial charge in [-0.15, -0.1) is 0 Å². The van der Waals surface area contributed by atoms with Crippen LogP contribution in [0.3, 0.4) is 0 Å². The molecule has 0 bridgehead atoms. The van der Waals surface area contributed by atoms with E-state index in [9.17, 15) is 19.2 Å². The predicted molar refractivity (Wildman–Crippen MR) is 287 cm³/mol. The minimum absolute atomic E-state index is 0.255. The van der Waals surface area contributed by atoms with Crippen LogP contribution in [0.15, 0.2) is 48.6 Å². The summed E-state index contributed by atoms with van der Waals surface area (Å²) in [6.07, 6.45) is 47.6. The molecule has 0 rings (SSSR count). The Morgan fingerprint density at radius 1 is 0.269 bits per heavy atom. The molecule has 0 atom stereocenters. The van der Waals surface area contributed by atoms with Crippen LogP contribution in [-0.2, 0) is 38.1 Å². The molecule has 0 N–H and O–H groups in total. The molecule has 0 aliphatic rings. The second-order valence-electron chi connectivity index (χ2n) is 18.7. The minimum Gasteiger partial charge on any atom is -0.466 e. The number of hydrogen-bond acceptors (Lipinski definition) is 8. The van der Waals surface area contributed by atoms with Gasteiger partial charge in [0.25, 0.3) is 0 Å². The first-order chi connectivity index (χ1) is 32.2. The number of methoxy groups -OCH3 is 1. The lowest BCUT2D eigenvalue weighted by atomic mass is 10.0. The summed E-state index contributed by atoms with van der Waals surface area (Å²) in [5.41, 5.74) is 1.90. The molecule has 0 saturated carbocycles. The maximum atomic E-state index is 11.2. The average molecular weight is 948 g/mol. The molecule has 0 amide bonds. The summed E-state index contributed by atoms with van der Waals surface area (Å²) in [5, 5.41) is 0. The second-order valence-corrected chi connectivity index (χ2v) is 18.7. The van der Waals surface area contributed by atoms with E-state index < -0.39 is 0 Å². The predicted octanol–water partition coefficient (Wildman–Crippen LogP) is 18.2. The van der Waals surface area contributed by atoms with Gasteiger partial charge in [0.2, 0.25) is 0 Å². The quantitative estimate of drug-likeness (QED) is 0.0258. The molecule has 0 aliphatic heterocycles. The van der Waals surface area contributed by atoms with Gasteiger partial charge >= 0.3 is 23.9 Å². The minimum atomic E-state index is -0.347. The number of ether oxygens (including phenoxy) is 4. The van der Waals surface area contributed by atoms with Crippen LogP contribution >= 0.6 is 0 Å². The average Bonchev–Trinajstić information content (AvgIpc) is 3.30. The molecule has 8 heteroatoms. The molecule has 0 heterocycles. The Bertz CT molecular complexity index is 1190. The molecule has 0 radical (unpaired) electrons. The van der Waals surface area contributed by atoms with Gasteiger partial charge in [0.05, 0.1) is 26.9 Å². The second kappa shape index (κ2) is 59.0. The van der Waals surface area contributed by atoms with Crippen LogP contribution < -0.4 is 0 Å². The number of unbranched alkanes of at least 4 members (excludes halogenated alkanes) is 33. The summed E-state index contributed by atoms with van der Waals surface area (Å²) >= 11 is 0. The molecule has 67 heavy (non-hydrogen) atoms. The number of hydrogen-bond donors (Lipinski definition) is 0. The number of esters is 4. The molecule has 0 aliphatic carbocycles. The van der Waals surface area contributed by atoms with E-state index in [0.29, 0.717) is 42.1 Å². The van der Waals surface area contributed by atoms with Crippen molar-refractivity contribution in [1.82, 2.24) is 0 Å². The zero-order valence-electron chi connectivity index (χ0n) is 45.7. The molecule has 8 nitrogen and oxygen atoms in total. The Morgan fingerprint density at radius 2 is 0.418 bits per heavy atom. The zero-order valence-corrected chi connectivity index (χ0v) is 45.7. The Morgan fingerprint density at radius 3 is 0.537 bits per heavy atom. The summed E-state index contributed by atoms with van der Waals surface area (Å²) in [6.45, 7) is 29.1. The Kier molecular flexibility index (Phi) is 62.0. The molecule has 394 valence electrons. The summed E-state index contributed by atoms with van der Waals surface area (Å²) in [6, 6.07) is 0. The lowest BCUT2D eigenvalue weighted by Gasteiger charge is -2.04. The van der Waals surface area contributed by atoms with Gasteiger partial charge in [-0.2, -0.15) is 0 Å². The van der Waals surface area contributed by atoms with E-state index in [1.807, 2.05) is 0 Å². The molecular formula is C59H110O8. The van der Waals surface area contributed by atoms with Crippen molar-refractivity contribution >= 4 is 23.9 Å². The molecule has 0 aromatic rings. The molecular weight excluding hydrogens is 837 g/mol. The first kappa shape index (κ1) is 70.4. The fourth-order valence-electron chi connectivity index (χ4n) is 6.87. The Labute approximate surface area is 415 Å². The highest BCUT2D eigenvalue weighted by Crippen LogP contribution is 2.15. The summed E-state index contributed by atoms with van der Waals surface area (Å²) < 4.78 is 19.4. The molecule has 0 aromatic carbocycles. The van der Waals surface area contributed by atoms with E-state index in [0.717, 1.165) is 19.3 Å². The smallest absolute Gasteiger partial charge is 0.333 e. The maximum Gasteiger partial charge on any atom is 0.333 e. The van der Waals surface area contributed by atoms with Crippen LogP contribution in [0.4, 0.5) is 0 Å². The van der Waals surface area contributed by atoms with Crippen molar-refractivity contribution < 1.29 is 38.1 Å². The van der Waals surface area contributed by atoms with Crippen molar-refractivity contribution in [3.05, 3.63) is 48.6 Å². The van der Waals surface area contributed by atoms with Crippen LogP contribution in [0.25, 0.3) is 0 Å². The van der Waals surface area contributed by atoms with Crippen molar-refractivity contribution in [1.29, 1.82) is 0 Å². The highest BCUT2D eigenvalue weighted by atomic mass is 16.5. The summed E-state index contributed by atoms with van der Waals surface area (Å²) in [5.74, 6) is -1.12. The van der Waals surface area contributed by atoms with Crippen LogP contribution in [-0.4, -0.2) is 50.8 Å². The normalized spacial score (nSPS) is 10.2. The number of rotatable bonds is 43. The van der Waals surface area contributed by atoms with Gasteiger partial charge in [-0.25, -0.2) is 19.2 Å². The van der Waals surface area contributed by atoms with Crippen molar-refractivity contribution in [3.8, 4) is 0 Å². The van der Waals surface area contributed by atoms with Gasteiger partial charge in [-0.05, 0) is 47.0 Å². The first-order valence-corrected chi connectivity index (χ1v) is 27.4. The highest BCUT2D eigenvalue weighted by Gasteiger charge is 2.04. The van der Waals surface area contributed by atoms with Gasteiger partial charge in [0, 0.05) is 22.3 Å². The maximum absolute atomic E-state index is 11.2. The highest BCUT2D eigenvalue weighted by molar-refractivity contribution is 5.88. The van der Waals surface area contributed by atoms with E-state index in [2.05, 4.69) is 51.8 Å². The molecule has 0 aromatic heterocycles. The summed E-state index contributed by atoms with van der Waals surface area (Å²) in [7, 11) is 1.33. The lowest BCUT2D eigenvalue weighted by molar-refractivity contribution is -0.139. The van der Waals surface area contributed by atoms with Gasteiger partial charge in [0.15, 0.2) is 0 Å². The lowest BCUT2D eigenvalue weighted by Crippen LogP contribution is -2.05. The fraction of sp³-hybridized carbons (Fsp3) is 0.797. The van der Waals surface area contributed by atoms with E-state index in [-0.39, 0.29) is 23.9 Å². The Hall–Kier alpha value is -3.16. The van der Waals surface area contributed by atoms with Crippen molar-refractivity contribution in [2.45, 2.75) is 280 Å². The summed E-state index contributed by atoms with van der Waals surface area (Å²) in [4.78, 5) is 43.5. The fourth-order valence-corrected chi connectivity index (χ4v) is 6.87. The Balaban J connectivity index is -0.000000415.